The number of amides is 1. The molecule has 0 unspecified atom stereocenters. The number of carbonyl (C=O) groups excluding carboxylic acids is 1. The summed E-state index contributed by atoms with van der Waals surface area (Å²) in [6.45, 7) is 3.48. The van der Waals surface area contributed by atoms with E-state index in [-0.39, 0.29) is 42.1 Å². The predicted molar refractivity (Wildman–Crippen MR) is 135 cm³/mol. The minimum absolute atomic E-state index is 0.0842. The Morgan fingerprint density at radius 2 is 1.85 bits per heavy atom. The Bertz CT molecular complexity index is 1610. The third-order valence-electron chi connectivity index (χ3n) is 6.64. The van der Waals surface area contributed by atoms with Crippen LogP contribution in [-0.4, -0.2) is 37.7 Å². The fourth-order valence-corrected chi connectivity index (χ4v) is 4.95. The molecule has 1 amide bonds. The summed E-state index contributed by atoms with van der Waals surface area (Å²) in [6.07, 6.45) is -2.24. The normalized spacial score (nSPS) is 13.8. The first-order valence-corrected chi connectivity index (χ1v) is 12.0. The van der Waals surface area contributed by atoms with Crippen molar-refractivity contribution < 1.29 is 31.9 Å². The maximum atomic E-state index is 15.9. The van der Waals surface area contributed by atoms with Crippen LogP contribution in [0, 0.1) is 11.6 Å². The van der Waals surface area contributed by atoms with Gasteiger partial charge in [-0.3, -0.25) is 4.79 Å². The van der Waals surface area contributed by atoms with Gasteiger partial charge in [-0.25, -0.2) is 18.7 Å². The van der Waals surface area contributed by atoms with Crippen LogP contribution in [0.4, 0.5) is 33.5 Å². The molecule has 0 saturated heterocycles. The van der Waals surface area contributed by atoms with Gasteiger partial charge in [-0.2, -0.15) is 13.2 Å². The van der Waals surface area contributed by atoms with Crippen LogP contribution >= 0.6 is 0 Å². The number of nitrogen functional groups attached to an aromatic ring is 1. The molecule has 7 nitrogen and oxygen atoms in total. The highest BCUT2D eigenvalue weighted by atomic mass is 19.4. The smallest absolute Gasteiger partial charge is 0.389 e. The molecule has 12 heteroatoms. The lowest BCUT2D eigenvalue weighted by molar-refractivity contribution is -0.137. The van der Waals surface area contributed by atoms with E-state index in [4.69, 9.17) is 5.73 Å². The number of alkyl halides is 3. The molecule has 39 heavy (non-hydrogen) atoms. The molecule has 2 aromatic heterocycles. The average molecular weight is 546 g/mol. The summed E-state index contributed by atoms with van der Waals surface area (Å²) in [5.41, 5.74) is 5.08. The van der Waals surface area contributed by atoms with Gasteiger partial charge >= 0.3 is 6.18 Å². The van der Waals surface area contributed by atoms with Crippen LogP contribution in [0.25, 0.3) is 22.2 Å². The molecular formula is C27H24F5N5O2. The molecule has 1 aliphatic rings. The molecule has 0 saturated carbocycles. The number of aromatic nitrogens is 3. The van der Waals surface area contributed by atoms with E-state index in [1.807, 2.05) is 0 Å². The number of nitrogens with zero attached hydrogens (tertiary/aromatic N) is 4. The van der Waals surface area contributed by atoms with E-state index < -0.39 is 46.9 Å². The van der Waals surface area contributed by atoms with Gasteiger partial charge < -0.3 is 20.3 Å². The van der Waals surface area contributed by atoms with Gasteiger partial charge in [0.05, 0.1) is 29.5 Å². The number of benzene rings is 2. The highest BCUT2D eigenvalue weighted by Crippen LogP contribution is 2.40. The summed E-state index contributed by atoms with van der Waals surface area (Å²) in [7, 11) is 0. The molecule has 2 aromatic carbocycles. The second-order valence-corrected chi connectivity index (χ2v) is 10.1. The van der Waals surface area contributed by atoms with Gasteiger partial charge in [-0.1, -0.05) is 0 Å². The number of carbonyl (C=O) groups is 1. The first-order chi connectivity index (χ1) is 18.2. The van der Waals surface area contributed by atoms with Gasteiger partial charge in [-0.05, 0) is 56.2 Å². The lowest BCUT2D eigenvalue weighted by Crippen LogP contribution is -2.30. The molecular weight excluding hydrogens is 521 g/mol. The van der Waals surface area contributed by atoms with Crippen molar-refractivity contribution in [2.45, 2.75) is 45.0 Å². The maximum absolute atomic E-state index is 15.9. The molecule has 3 N–H and O–H groups in total. The monoisotopic (exact) mass is 545 g/mol. The van der Waals surface area contributed by atoms with E-state index in [1.165, 1.54) is 17.3 Å². The zero-order valence-electron chi connectivity index (χ0n) is 21.0. The average Bonchev–Trinajstić information content (AvgIpc) is 3.42. The van der Waals surface area contributed by atoms with E-state index in [0.29, 0.717) is 34.8 Å². The molecule has 3 heterocycles. The van der Waals surface area contributed by atoms with Crippen LogP contribution in [0.2, 0.25) is 0 Å². The second kappa shape index (κ2) is 9.30. The van der Waals surface area contributed by atoms with E-state index >= 15 is 4.39 Å². The Balaban J connectivity index is 1.50. The van der Waals surface area contributed by atoms with Crippen LogP contribution in [0.15, 0.2) is 42.9 Å². The zero-order chi connectivity index (χ0) is 28.3. The Hall–Kier alpha value is -4.06. The van der Waals surface area contributed by atoms with Gasteiger partial charge in [0.1, 0.15) is 29.4 Å². The van der Waals surface area contributed by atoms with Crippen molar-refractivity contribution in [1.29, 1.82) is 0 Å². The quantitative estimate of drug-likeness (QED) is 0.349. The molecule has 0 fully saturated rings. The molecule has 0 spiro atoms. The minimum atomic E-state index is -4.68. The number of rotatable bonds is 5. The highest BCUT2D eigenvalue weighted by Gasteiger charge is 2.33. The highest BCUT2D eigenvalue weighted by molar-refractivity contribution is 6.02. The zero-order valence-corrected chi connectivity index (χ0v) is 21.0. The lowest BCUT2D eigenvalue weighted by atomic mass is 10.0. The summed E-state index contributed by atoms with van der Waals surface area (Å²) in [6, 6.07) is 4.92. The van der Waals surface area contributed by atoms with Crippen LogP contribution in [-0.2, 0) is 30.4 Å². The van der Waals surface area contributed by atoms with Crippen LogP contribution in [0.1, 0.15) is 30.5 Å². The van der Waals surface area contributed by atoms with Crippen molar-refractivity contribution in [1.82, 2.24) is 14.5 Å². The fourth-order valence-electron chi connectivity index (χ4n) is 4.95. The van der Waals surface area contributed by atoms with Gasteiger partial charge in [0.25, 0.3) is 0 Å². The number of aliphatic hydroxyl groups is 1. The number of hydrogen-bond acceptors (Lipinski definition) is 5. The van der Waals surface area contributed by atoms with Crippen molar-refractivity contribution in [3.05, 3.63) is 71.2 Å². The molecule has 0 aliphatic carbocycles. The maximum Gasteiger partial charge on any atom is 0.416 e. The van der Waals surface area contributed by atoms with Crippen molar-refractivity contribution in [2.75, 3.05) is 17.2 Å². The van der Waals surface area contributed by atoms with Gasteiger partial charge in [0.15, 0.2) is 0 Å². The molecule has 4 aromatic rings. The molecule has 204 valence electrons. The van der Waals surface area contributed by atoms with Gasteiger partial charge in [0, 0.05) is 35.1 Å². The molecule has 0 atom stereocenters. The fraction of sp³-hybridized carbons (Fsp3) is 0.296. The van der Waals surface area contributed by atoms with Gasteiger partial charge in [0.2, 0.25) is 5.91 Å². The van der Waals surface area contributed by atoms with Crippen molar-refractivity contribution >= 4 is 28.4 Å². The lowest BCUT2D eigenvalue weighted by Gasteiger charge is -2.19. The van der Waals surface area contributed by atoms with Gasteiger partial charge in [-0.15, -0.1) is 0 Å². The topological polar surface area (TPSA) is 97.3 Å². The SMILES string of the molecule is CC(C)(O)Cn1cc(-c2ccc3c(c2F)CCN3C(=O)Cc2cc(C(F)(F)F)ccc2F)c2c(N)ncnc21. The molecule has 0 bridgehead atoms. The largest absolute Gasteiger partial charge is 0.416 e. The van der Waals surface area contributed by atoms with Crippen LogP contribution in [0.5, 0.6) is 0 Å². The summed E-state index contributed by atoms with van der Waals surface area (Å²) >= 11 is 0. The van der Waals surface area contributed by atoms with Crippen LogP contribution in [0.3, 0.4) is 0 Å². The standard InChI is InChI=1S/C27H24F5N5O2/c1-26(2,39)12-36-11-18(22-24(33)34-13-35-25(22)36)16-4-6-20-17(23(16)29)7-8-37(20)21(38)10-14-9-15(27(30,31)32)3-5-19(14)28/h3-6,9,11,13,39H,7-8,10,12H2,1-2H3,(H2,33,34,35). The second-order valence-electron chi connectivity index (χ2n) is 10.1. The summed E-state index contributed by atoms with van der Waals surface area (Å²) < 4.78 is 71.0. The Morgan fingerprint density at radius 3 is 2.54 bits per heavy atom. The Labute approximate surface area is 219 Å². The number of fused-ring (bicyclic) bond motifs is 2. The minimum Gasteiger partial charge on any atom is -0.389 e. The summed E-state index contributed by atoms with van der Waals surface area (Å²) in [5, 5.41) is 10.7. The number of hydrogen-bond donors (Lipinski definition) is 2. The molecule has 1 aliphatic heterocycles. The Kier molecular flexibility index (Phi) is 6.33. The molecule has 5 rings (SSSR count). The van der Waals surface area contributed by atoms with Crippen molar-refractivity contribution in [3.8, 4) is 11.1 Å². The number of anilines is 2. The first-order valence-electron chi connectivity index (χ1n) is 12.0. The summed E-state index contributed by atoms with van der Waals surface area (Å²) in [5.74, 6) is -2.05. The summed E-state index contributed by atoms with van der Waals surface area (Å²) in [4.78, 5) is 22.5. The molecule has 0 radical (unpaired) electrons. The first kappa shape index (κ1) is 26.5. The van der Waals surface area contributed by atoms with Crippen molar-refractivity contribution in [2.24, 2.45) is 0 Å². The van der Waals surface area contributed by atoms with E-state index in [2.05, 4.69) is 9.97 Å². The predicted octanol–water partition coefficient (Wildman–Crippen LogP) is 4.88. The van der Waals surface area contributed by atoms with Crippen molar-refractivity contribution in [3.63, 3.8) is 0 Å². The Morgan fingerprint density at radius 1 is 1.10 bits per heavy atom. The third kappa shape index (κ3) is 4.91. The van der Waals surface area contributed by atoms with E-state index in [0.717, 1.165) is 0 Å². The number of nitrogens with two attached hydrogens (primary N) is 1. The van der Waals surface area contributed by atoms with E-state index in [9.17, 15) is 27.5 Å². The number of halogens is 5. The third-order valence-corrected chi connectivity index (χ3v) is 6.64. The van der Waals surface area contributed by atoms with E-state index in [1.54, 1.807) is 30.7 Å². The van der Waals surface area contributed by atoms with Crippen LogP contribution < -0.4 is 10.6 Å².